The summed E-state index contributed by atoms with van der Waals surface area (Å²) < 4.78 is 0. The highest BCUT2D eigenvalue weighted by Crippen LogP contribution is 2.27. The van der Waals surface area contributed by atoms with E-state index in [1.807, 2.05) is 18.3 Å². The summed E-state index contributed by atoms with van der Waals surface area (Å²) in [7, 11) is 0. The first kappa shape index (κ1) is 11.2. The molecule has 2 N–H and O–H groups in total. The third-order valence-electron chi connectivity index (χ3n) is 3.40. The first-order valence-electron chi connectivity index (χ1n) is 5.82. The van der Waals surface area contributed by atoms with Crippen molar-refractivity contribution >= 4 is 5.97 Å². The molecule has 1 saturated heterocycles. The summed E-state index contributed by atoms with van der Waals surface area (Å²) in [4.78, 5) is 16.4. The maximum absolute atomic E-state index is 11.2. The van der Waals surface area contributed by atoms with E-state index < -0.39 is 5.97 Å². The molecule has 0 radical (unpaired) electrons. The zero-order valence-electron chi connectivity index (χ0n) is 9.52. The van der Waals surface area contributed by atoms with Gasteiger partial charge in [0.25, 0.3) is 0 Å². The van der Waals surface area contributed by atoms with Gasteiger partial charge >= 0.3 is 5.97 Å². The largest absolute Gasteiger partial charge is 0.480 e. The molecule has 4 nitrogen and oxygen atoms in total. The molecule has 1 aliphatic rings. The number of nitrogens with one attached hydrogen (secondary N) is 1. The van der Waals surface area contributed by atoms with Crippen molar-refractivity contribution in [1.82, 2.24) is 9.88 Å². The molecule has 0 aliphatic carbocycles. The minimum Gasteiger partial charge on any atom is -0.480 e. The second kappa shape index (κ2) is 4.70. The third-order valence-corrected chi connectivity index (χ3v) is 3.40. The zero-order valence-corrected chi connectivity index (χ0v) is 9.52. The van der Waals surface area contributed by atoms with Gasteiger partial charge in [-0.25, -0.2) is 0 Å². The fraction of sp³-hybridized carbons (Fsp3) is 0.583. The Bertz CT molecular complexity index is 348. The summed E-state index contributed by atoms with van der Waals surface area (Å²) in [5.74, 6) is -0.696. The summed E-state index contributed by atoms with van der Waals surface area (Å²) in [6.07, 6.45) is 4.76. The van der Waals surface area contributed by atoms with Crippen molar-refractivity contribution in [3.05, 3.63) is 24.0 Å². The molecule has 1 aliphatic heterocycles. The van der Waals surface area contributed by atoms with Gasteiger partial charge in [-0.3, -0.25) is 9.69 Å². The third kappa shape index (κ3) is 2.11. The number of rotatable bonds is 3. The lowest BCUT2D eigenvalue weighted by Crippen LogP contribution is -2.45. The standard InChI is InChI=1S/C12H18N2O2/c1-9(10-5-4-7-13-10)14-8-3-2-6-11(14)12(15)16/h4-5,7,9,11,13H,2-3,6,8H2,1H3,(H,15,16)/t9-,11+/m1/s1. The van der Waals surface area contributed by atoms with Crippen LogP contribution in [-0.2, 0) is 4.79 Å². The van der Waals surface area contributed by atoms with E-state index in [1.54, 1.807) is 0 Å². The molecule has 1 fully saturated rings. The predicted molar refractivity (Wildman–Crippen MR) is 61.2 cm³/mol. The van der Waals surface area contributed by atoms with Crippen LogP contribution in [0.3, 0.4) is 0 Å². The van der Waals surface area contributed by atoms with Crippen LogP contribution >= 0.6 is 0 Å². The van der Waals surface area contributed by atoms with E-state index >= 15 is 0 Å². The van der Waals surface area contributed by atoms with Crippen molar-refractivity contribution in [1.29, 1.82) is 0 Å². The number of aromatic nitrogens is 1. The normalized spacial score (nSPS) is 24.2. The summed E-state index contributed by atoms with van der Waals surface area (Å²) in [6.45, 7) is 2.93. The van der Waals surface area contributed by atoms with Crippen LogP contribution < -0.4 is 0 Å². The molecule has 0 unspecified atom stereocenters. The van der Waals surface area contributed by atoms with Crippen molar-refractivity contribution in [2.24, 2.45) is 0 Å². The molecule has 0 bridgehead atoms. The molecule has 88 valence electrons. The maximum Gasteiger partial charge on any atom is 0.320 e. The molecule has 0 saturated carbocycles. The van der Waals surface area contributed by atoms with Gasteiger partial charge in [0, 0.05) is 17.9 Å². The number of H-pyrrole nitrogens is 1. The lowest BCUT2D eigenvalue weighted by molar-refractivity contribution is -0.145. The number of hydrogen-bond donors (Lipinski definition) is 2. The Morgan fingerprint density at radius 2 is 2.44 bits per heavy atom. The molecule has 0 spiro atoms. The predicted octanol–water partition coefficient (Wildman–Crippen LogP) is 2.01. The molecule has 2 atom stereocenters. The van der Waals surface area contributed by atoms with Gasteiger partial charge < -0.3 is 10.1 Å². The van der Waals surface area contributed by atoms with Crippen LogP contribution in [-0.4, -0.2) is 33.5 Å². The average molecular weight is 222 g/mol. The van der Waals surface area contributed by atoms with Crippen LogP contribution in [0, 0.1) is 0 Å². The fourth-order valence-electron chi connectivity index (χ4n) is 2.47. The smallest absolute Gasteiger partial charge is 0.320 e. The number of carbonyl (C=O) groups is 1. The van der Waals surface area contributed by atoms with Crippen LogP contribution in [0.25, 0.3) is 0 Å². The lowest BCUT2D eigenvalue weighted by Gasteiger charge is -2.37. The summed E-state index contributed by atoms with van der Waals surface area (Å²) in [5.41, 5.74) is 1.09. The number of aromatic amines is 1. The van der Waals surface area contributed by atoms with Crippen LogP contribution in [0.1, 0.15) is 37.9 Å². The van der Waals surface area contributed by atoms with Crippen LogP contribution in [0.2, 0.25) is 0 Å². The topological polar surface area (TPSA) is 56.3 Å². The molecule has 1 aromatic rings. The van der Waals surface area contributed by atoms with Crippen molar-refractivity contribution < 1.29 is 9.90 Å². The number of nitrogens with zero attached hydrogens (tertiary/aromatic N) is 1. The van der Waals surface area contributed by atoms with E-state index in [4.69, 9.17) is 0 Å². The van der Waals surface area contributed by atoms with Gasteiger partial charge in [0.15, 0.2) is 0 Å². The van der Waals surface area contributed by atoms with Gasteiger partial charge in [0.2, 0.25) is 0 Å². The summed E-state index contributed by atoms with van der Waals surface area (Å²) >= 11 is 0. The molecule has 0 amide bonds. The second-order valence-corrected chi connectivity index (χ2v) is 4.39. The maximum atomic E-state index is 11.2. The Kier molecular flexibility index (Phi) is 3.29. The Morgan fingerprint density at radius 1 is 1.62 bits per heavy atom. The van der Waals surface area contributed by atoms with Gasteiger partial charge in [0.1, 0.15) is 6.04 Å². The van der Waals surface area contributed by atoms with Gasteiger partial charge in [-0.2, -0.15) is 0 Å². The molecular formula is C12H18N2O2. The van der Waals surface area contributed by atoms with E-state index in [-0.39, 0.29) is 12.1 Å². The quantitative estimate of drug-likeness (QED) is 0.822. The number of aliphatic carboxylic acids is 1. The van der Waals surface area contributed by atoms with E-state index in [9.17, 15) is 9.90 Å². The Morgan fingerprint density at radius 3 is 3.06 bits per heavy atom. The van der Waals surface area contributed by atoms with Crippen molar-refractivity contribution in [3.8, 4) is 0 Å². The molecule has 16 heavy (non-hydrogen) atoms. The van der Waals surface area contributed by atoms with E-state index in [0.717, 1.165) is 31.5 Å². The summed E-state index contributed by atoms with van der Waals surface area (Å²) in [6, 6.07) is 3.78. The number of piperidine rings is 1. The number of carboxylic acid groups (broad SMARTS) is 1. The van der Waals surface area contributed by atoms with Crippen molar-refractivity contribution in [3.63, 3.8) is 0 Å². The molecule has 1 aromatic heterocycles. The number of hydrogen-bond acceptors (Lipinski definition) is 2. The Balaban J connectivity index is 2.14. The van der Waals surface area contributed by atoms with Crippen LogP contribution in [0.15, 0.2) is 18.3 Å². The van der Waals surface area contributed by atoms with Gasteiger partial charge in [-0.1, -0.05) is 6.42 Å². The first-order chi connectivity index (χ1) is 7.70. The minimum atomic E-state index is -0.696. The van der Waals surface area contributed by atoms with E-state index in [0.29, 0.717) is 0 Å². The Hall–Kier alpha value is -1.29. The van der Waals surface area contributed by atoms with Crippen LogP contribution in [0.4, 0.5) is 0 Å². The zero-order chi connectivity index (χ0) is 11.5. The molecule has 4 heteroatoms. The molecular weight excluding hydrogens is 204 g/mol. The second-order valence-electron chi connectivity index (χ2n) is 4.39. The number of carboxylic acids is 1. The van der Waals surface area contributed by atoms with Gasteiger partial charge in [-0.15, -0.1) is 0 Å². The highest BCUT2D eigenvalue weighted by molar-refractivity contribution is 5.73. The van der Waals surface area contributed by atoms with Crippen molar-refractivity contribution in [2.45, 2.75) is 38.3 Å². The fourth-order valence-corrected chi connectivity index (χ4v) is 2.47. The molecule has 2 heterocycles. The van der Waals surface area contributed by atoms with Gasteiger partial charge in [-0.05, 0) is 38.4 Å². The lowest BCUT2D eigenvalue weighted by atomic mass is 9.99. The molecule has 2 rings (SSSR count). The van der Waals surface area contributed by atoms with E-state index in [1.165, 1.54) is 0 Å². The highest BCUT2D eigenvalue weighted by Gasteiger charge is 2.32. The SMILES string of the molecule is C[C@H](c1ccc[nH]1)N1CCCC[C@H]1C(=O)O. The highest BCUT2D eigenvalue weighted by atomic mass is 16.4. The Labute approximate surface area is 95.3 Å². The van der Waals surface area contributed by atoms with Crippen molar-refractivity contribution in [2.75, 3.05) is 6.54 Å². The van der Waals surface area contributed by atoms with Crippen LogP contribution in [0.5, 0.6) is 0 Å². The number of likely N-dealkylation sites (tertiary alicyclic amines) is 1. The molecule has 0 aromatic carbocycles. The monoisotopic (exact) mass is 222 g/mol. The minimum absolute atomic E-state index is 0.149. The first-order valence-corrected chi connectivity index (χ1v) is 5.82. The summed E-state index contributed by atoms with van der Waals surface area (Å²) in [5, 5.41) is 9.20. The van der Waals surface area contributed by atoms with Gasteiger partial charge in [0.05, 0.1) is 0 Å². The average Bonchev–Trinajstić information content (AvgIpc) is 2.81. The van der Waals surface area contributed by atoms with E-state index in [2.05, 4.69) is 16.8 Å².